The number of carboxylic acids is 1. The van der Waals surface area contributed by atoms with Gasteiger partial charge in [0.2, 0.25) is 0 Å². The number of halogens is 1. The molecule has 0 aromatic heterocycles. The molecule has 9 nitrogen and oxygen atoms in total. The molecule has 2 heterocycles. The Morgan fingerprint density at radius 2 is 1.92 bits per heavy atom. The van der Waals surface area contributed by atoms with E-state index < -0.39 is 17.9 Å². The first kappa shape index (κ1) is 26.2. The molecule has 2 N–H and O–H groups in total. The molecule has 10 heteroatoms. The van der Waals surface area contributed by atoms with Gasteiger partial charge >= 0.3 is 5.97 Å². The van der Waals surface area contributed by atoms with Crippen LogP contribution in [0.3, 0.4) is 0 Å². The third-order valence-corrected chi connectivity index (χ3v) is 6.72. The van der Waals surface area contributed by atoms with Crippen molar-refractivity contribution in [3.63, 3.8) is 0 Å². The lowest BCUT2D eigenvalue weighted by atomic mass is 9.83. The van der Waals surface area contributed by atoms with E-state index in [9.17, 15) is 14.7 Å². The van der Waals surface area contributed by atoms with Gasteiger partial charge in [0.05, 0.1) is 45.0 Å². The number of nitrogens with one attached hydrogen (secondary N) is 1. The van der Waals surface area contributed by atoms with Crippen LogP contribution in [0.1, 0.15) is 54.2 Å². The van der Waals surface area contributed by atoms with Crippen LogP contribution in [0.25, 0.3) is 0 Å². The van der Waals surface area contributed by atoms with E-state index in [1.165, 1.54) is 19.1 Å². The predicted octanol–water partition coefficient (Wildman–Crippen LogP) is 3.84. The van der Waals surface area contributed by atoms with Gasteiger partial charge in [-0.05, 0) is 29.2 Å². The molecule has 0 saturated carbocycles. The van der Waals surface area contributed by atoms with Crippen LogP contribution in [-0.2, 0) is 16.8 Å². The highest BCUT2D eigenvalue weighted by atomic mass is 19.1. The number of fused-ring (bicyclic) bond motifs is 2. The second-order valence-electron chi connectivity index (χ2n) is 10.4. The van der Waals surface area contributed by atoms with Gasteiger partial charge in [-0.15, -0.1) is 0 Å². The quantitative estimate of drug-likeness (QED) is 0.537. The number of rotatable bonds is 7. The minimum Gasteiger partial charge on any atom is -0.493 e. The van der Waals surface area contributed by atoms with Crippen LogP contribution in [-0.4, -0.2) is 68.1 Å². The summed E-state index contributed by atoms with van der Waals surface area (Å²) < 4.78 is 31.6. The minimum absolute atomic E-state index is 0.0760. The van der Waals surface area contributed by atoms with Gasteiger partial charge in [-0.25, -0.2) is 4.39 Å². The first-order chi connectivity index (χ1) is 17.3. The average Bonchev–Trinajstić information content (AvgIpc) is 3.12. The van der Waals surface area contributed by atoms with E-state index in [0.29, 0.717) is 29.1 Å². The minimum atomic E-state index is -0.938. The van der Waals surface area contributed by atoms with Gasteiger partial charge < -0.3 is 29.1 Å². The first-order valence-corrected chi connectivity index (χ1v) is 11.9. The molecule has 0 bridgehead atoms. The number of aliphatic carboxylic acids is 1. The lowest BCUT2D eigenvalue weighted by molar-refractivity contribution is -0.138. The molecule has 37 heavy (non-hydrogen) atoms. The first-order valence-electron chi connectivity index (χ1n) is 11.9. The van der Waals surface area contributed by atoms with Crippen LogP contribution in [0, 0.1) is 11.2 Å². The van der Waals surface area contributed by atoms with Gasteiger partial charge in [0.25, 0.3) is 0 Å². The Bertz CT molecular complexity index is 1290. The van der Waals surface area contributed by atoms with Crippen molar-refractivity contribution in [3.05, 3.63) is 46.3 Å². The standard InChI is InChI=1S/C27H32FN3O6/c1-27(2,3)17-7-14(8-18-24(17)37-16(10-21(33)34)12-30(18)4)19(32)13-31-11-15-9-20(35-5)25(36-6)23(28)22(15)26(31)29/h7-9,16,29H,10-13H2,1-6H3,(H,33,34). The van der Waals surface area contributed by atoms with E-state index in [-0.39, 0.29) is 53.6 Å². The molecule has 0 spiro atoms. The number of carboxylic acid groups (broad SMARTS) is 1. The Balaban J connectivity index is 1.65. The van der Waals surface area contributed by atoms with Crippen molar-refractivity contribution in [2.45, 2.75) is 45.3 Å². The number of carbonyl (C=O) groups is 2. The van der Waals surface area contributed by atoms with Crippen molar-refractivity contribution in [1.82, 2.24) is 4.90 Å². The number of nitrogens with zero attached hydrogens (tertiary/aromatic N) is 2. The molecular formula is C27H32FN3O6. The SMILES string of the molecule is COc1cc2c(c(F)c1OC)C(=N)N(CC(=O)c1cc3c(c(C(C)(C)C)c1)OC(CC(=O)O)CN3C)C2. The molecule has 2 aliphatic heterocycles. The summed E-state index contributed by atoms with van der Waals surface area (Å²) in [5, 5.41) is 17.8. The summed E-state index contributed by atoms with van der Waals surface area (Å²) in [5.74, 6) is -1.21. The largest absolute Gasteiger partial charge is 0.493 e. The van der Waals surface area contributed by atoms with Crippen molar-refractivity contribution >= 4 is 23.3 Å². The van der Waals surface area contributed by atoms with Crippen molar-refractivity contribution in [2.75, 3.05) is 39.3 Å². The number of likely N-dealkylation sites (N-methyl/N-ethyl adjacent to an activating group) is 1. The summed E-state index contributed by atoms with van der Waals surface area (Å²) in [7, 11) is 4.59. The molecule has 2 aromatic rings. The van der Waals surface area contributed by atoms with Gasteiger partial charge in [0.15, 0.2) is 23.1 Å². The molecule has 2 aromatic carbocycles. The summed E-state index contributed by atoms with van der Waals surface area (Å²) in [4.78, 5) is 28.2. The zero-order valence-corrected chi connectivity index (χ0v) is 21.9. The van der Waals surface area contributed by atoms with Gasteiger partial charge in [0, 0.05) is 24.7 Å². The Labute approximate surface area is 215 Å². The number of benzene rings is 2. The zero-order valence-electron chi connectivity index (χ0n) is 21.9. The number of anilines is 1. The molecular weight excluding hydrogens is 481 g/mol. The maximum Gasteiger partial charge on any atom is 0.307 e. The summed E-state index contributed by atoms with van der Waals surface area (Å²) in [5.41, 5.74) is 2.19. The van der Waals surface area contributed by atoms with E-state index >= 15 is 4.39 Å². The monoisotopic (exact) mass is 513 g/mol. The second kappa shape index (κ2) is 9.57. The lowest BCUT2D eigenvalue weighted by Gasteiger charge is -2.37. The Morgan fingerprint density at radius 1 is 1.22 bits per heavy atom. The topological polar surface area (TPSA) is 112 Å². The van der Waals surface area contributed by atoms with Gasteiger partial charge in [-0.1, -0.05) is 20.8 Å². The number of hydrogen-bond acceptors (Lipinski definition) is 7. The Kier molecular flexibility index (Phi) is 6.79. The van der Waals surface area contributed by atoms with Crippen LogP contribution in [0.4, 0.5) is 10.1 Å². The Morgan fingerprint density at radius 3 is 2.51 bits per heavy atom. The van der Waals surface area contributed by atoms with Gasteiger partial charge in [-0.3, -0.25) is 15.0 Å². The molecule has 4 rings (SSSR count). The third kappa shape index (κ3) is 4.80. The zero-order chi connectivity index (χ0) is 27.2. The van der Waals surface area contributed by atoms with Crippen molar-refractivity contribution in [1.29, 1.82) is 5.41 Å². The molecule has 0 amide bonds. The fourth-order valence-electron chi connectivity index (χ4n) is 4.87. The molecule has 0 aliphatic carbocycles. The number of hydrogen-bond donors (Lipinski definition) is 2. The smallest absolute Gasteiger partial charge is 0.307 e. The number of carbonyl (C=O) groups excluding carboxylic acids is 1. The Hall–Kier alpha value is -3.82. The highest BCUT2D eigenvalue weighted by Gasteiger charge is 2.35. The molecule has 2 aliphatic rings. The number of amidine groups is 1. The van der Waals surface area contributed by atoms with E-state index in [1.807, 2.05) is 32.7 Å². The third-order valence-electron chi connectivity index (χ3n) is 6.72. The van der Waals surface area contributed by atoms with Gasteiger partial charge in [0.1, 0.15) is 17.7 Å². The number of methoxy groups -OCH3 is 2. The average molecular weight is 514 g/mol. The summed E-state index contributed by atoms with van der Waals surface area (Å²) in [6.07, 6.45) is -0.636. The summed E-state index contributed by atoms with van der Waals surface area (Å²) in [6, 6.07) is 5.15. The number of ketones is 1. The summed E-state index contributed by atoms with van der Waals surface area (Å²) in [6.45, 7) is 6.43. The van der Waals surface area contributed by atoms with Crippen LogP contribution >= 0.6 is 0 Å². The molecule has 0 radical (unpaired) electrons. The van der Waals surface area contributed by atoms with Crippen LogP contribution in [0.2, 0.25) is 0 Å². The lowest BCUT2D eigenvalue weighted by Crippen LogP contribution is -2.40. The maximum absolute atomic E-state index is 15.1. The van der Waals surface area contributed by atoms with Crippen molar-refractivity contribution in [3.8, 4) is 17.2 Å². The normalized spacial score (nSPS) is 16.7. The number of ether oxygens (including phenoxy) is 3. The van der Waals surface area contributed by atoms with Crippen LogP contribution in [0.15, 0.2) is 18.2 Å². The van der Waals surface area contributed by atoms with Crippen molar-refractivity contribution in [2.24, 2.45) is 0 Å². The number of Topliss-reactive ketones (excluding diaryl/α,β-unsaturated/α-hetero) is 1. The highest BCUT2D eigenvalue weighted by molar-refractivity contribution is 6.06. The fraction of sp³-hybridized carbons (Fsp3) is 0.444. The van der Waals surface area contributed by atoms with E-state index in [0.717, 1.165) is 5.56 Å². The molecule has 0 fully saturated rings. The van der Waals surface area contributed by atoms with Gasteiger partial charge in [-0.2, -0.15) is 0 Å². The fourth-order valence-corrected chi connectivity index (χ4v) is 4.87. The molecule has 198 valence electrons. The molecule has 1 atom stereocenters. The van der Waals surface area contributed by atoms with E-state index in [4.69, 9.17) is 19.6 Å². The van der Waals surface area contributed by atoms with E-state index in [2.05, 4.69) is 0 Å². The summed E-state index contributed by atoms with van der Waals surface area (Å²) >= 11 is 0. The van der Waals surface area contributed by atoms with Crippen LogP contribution < -0.4 is 19.1 Å². The predicted molar refractivity (Wildman–Crippen MR) is 136 cm³/mol. The van der Waals surface area contributed by atoms with Crippen LogP contribution in [0.5, 0.6) is 17.2 Å². The molecule has 1 unspecified atom stereocenters. The highest BCUT2D eigenvalue weighted by Crippen LogP contribution is 2.43. The van der Waals surface area contributed by atoms with Crippen molar-refractivity contribution < 1.29 is 33.3 Å². The molecule has 0 saturated heterocycles. The maximum atomic E-state index is 15.1. The second-order valence-corrected chi connectivity index (χ2v) is 10.4. The van der Waals surface area contributed by atoms with E-state index in [1.54, 1.807) is 18.2 Å².